The number of fused-ring (bicyclic) bond motifs is 2. The molecule has 2 saturated heterocycles. The van der Waals surface area contributed by atoms with Gasteiger partial charge in [-0.25, -0.2) is 39.6 Å². The molecule has 0 amide bonds. The van der Waals surface area contributed by atoms with Crippen LogP contribution in [-0.2, 0) is 44.6 Å². The van der Waals surface area contributed by atoms with E-state index in [0.717, 1.165) is 22.3 Å². The molecule has 8 atom stereocenters. The van der Waals surface area contributed by atoms with Gasteiger partial charge in [-0.05, 0) is 65.1 Å². The van der Waals surface area contributed by atoms with Crippen molar-refractivity contribution < 1.29 is 56.6 Å². The second-order valence-corrected chi connectivity index (χ2v) is 19.7. The molecule has 2 aliphatic heterocycles. The van der Waals surface area contributed by atoms with E-state index in [0.29, 0.717) is 51.7 Å². The number of methoxy groups -OCH3 is 5. The largest absolute Gasteiger partial charge is 0.497 e. The third-order valence-electron chi connectivity index (χ3n) is 13.6. The average Bonchev–Trinajstić information content (AvgIpc) is 4.27. The Morgan fingerprint density at radius 3 is 1.91 bits per heavy atom. The number of ether oxygens (including phenoxy) is 8. The SMILES string of the molecule is COc1ccc(C(OC[C@H]2O[C@@H](n3cnc4c(N)ncnc43)C[C@@H]2OP(=O)(NCCc2ccc(OC)c(OC)c2)OC[C@H]2O[C@@H](n3cnc4c(N)ncnc43)[C@H](OC)[C@@H]2O)(c2ccccc2)c2ccc(OC)cc2)cc1. The molecule has 23 nitrogen and oxygen atoms in total. The van der Waals surface area contributed by atoms with Crippen LogP contribution in [0.3, 0.4) is 0 Å². The van der Waals surface area contributed by atoms with Gasteiger partial charge < -0.3 is 54.5 Å². The van der Waals surface area contributed by atoms with Crippen molar-refractivity contribution in [1.29, 1.82) is 0 Å². The lowest BCUT2D eigenvalue weighted by Gasteiger charge is -2.37. The van der Waals surface area contributed by atoms with Crippen LogP contribution in [0.15, 0.2) is 122 Å². The maximum Gasteiger partial charge on any atom is 0.405 e. The van der Waals surface area contributed by atoms with E-state index in [1.165, 1.54) is 26.1 Å². The number of aliphatic hydroxyl groups excluding tert-OH is 1. The number of rotatable bonds is 22. The number of benzene rings is 4. The summed E-state index contributed by atoms with van der Waals surface area (Å²) >= 11 is 0. The number of aliphatic hydroxyl groups is 1. The fourth-order valence-corrected chi connectivity index (χ4v) is 11.3. The topological polar surface area (TPSA) is 281 Å². The molecule has 10 rings (SSSR count). The molecule has 0 spiro atoms. The van der Waals surface area contributed by atoms with Crippen LogP contribution >= 0.6 is 7.75 Å². The van der Waals surface area contributed by atoms with E-state index in [4.69, 9.17) is 58.4 Å². The molecule has 2 fully saturated rings. The first kappa shape index (κ1) is 52.1. The predicted molar refractivity (Wildman–Crippen MR) is 277 cm³/mol. The molecule has 2 aliphatic rings. The van der Waals surface area contributed by atoms with Crippen molar-refractivity contribution in [3.63, 3.8) is 0 Å². The van der Waals surface area contributed by atoms with Crippen LogP contribution in [0.25, 0.3) is 22.3 Å². The Hall–Kier alpha value is -7.31. The summed E-state index contributed by atoms with van der Waals surface area (Å²) in [4.78, 5) is 25.9. The van der Waals surface area contributed by atoms with Crippen molar-refractivity contribution in [3.05, 3.63) is 145 Å². The number of hydrogen-bond acceptors (Lipinski definition) is 20. The third-order valence-corrected chi connectivity index (χ3v) is 15.3. The lowest BCUT2D eigenvalue weighted by Crippen LogP contribution is -2.39. The van der Waals surface area contributed by atoms with Gasteiger partial charge in [-0.15, -0.1) is 0 Å². The Bertz CT molecular complexity index is 3250. The number of nitrogen functional groups attached to an aromatic ring is 2. The Balaban J connectivity index is 1.00. The smallest absolute Gasteiger partial charge is 0.405 e. The van der Waals surface area contributed by atoms with Crippen LogP contribution < -0.4 is 35.5 Å². The highest BCUT2D eigenvalue weighted by atomic mass is 31.2. The van der Waals surface area contributed by atoms with E-state index in [-0.39, 0.29) is 31.2 Å². The summed E-state index contributed by atoms with van der Waals surface area (Å²) in [6.07, 6.45) is -0.839. The molecule has 6 heterocycles. The summed E-state index contributed by atoms with van der Waals surface area (Å²) in [7, 11) is 3.31. The zero-order chi connectivity index (χ0) is 53.0. The second kappa shape index (κ2) is 22.5. The Morgan fingerprint density at radius 2 is 1.30 bits per heavy atom. The Morgan fingerprint density at radius 1 is 0.697 bits per heavy atom. The first-order valence-electron chi connectivity index (χ1n) is 24.2. The molecule has 398 valence electrons. The molecule has 4 aromatic heterocycles. The van der Waals surface area contributed by atoms with Crippen molar-refractivity contribution in [2.45, 2.75) is 61.4 Å². The fourth-order valence-electron chi connectivity index (χ4n) is 9.72. The number of nitrogens with two attached hydrogens (primary N) is 2. The van der Waals surface area contributed by atoms with E-state index in [2.05, 4.69) is 35.0 Å². The lowest BCUT2D eigenvalue weighted by molar-refractivity contribution is -0.0924. The normalized spacial score (nSPS) is 21.5. The monoisotopic (exact) mass is 1060 g/mol. The molecule has 8 aromatic rings. The van der Waals surface area contributed by atoms with Crippen molar-refractivity contribution in [2.75, 3.05) is 66.8 Å². The molecule has 76 heavy (non-hydrogen) atoms. The van der Waals surface area contributed by atoms with Crippen molar-refractivity contribution >= 4 is 41.7 Å². The van der Waals surface area contributed by atoms with Crippen molar-refractivity contribution in [2.24, 2.45) is 0 Å². The molecular weight excluding hydrogens is 1000 g/mol. The van der Waals surface area contributed by atoms with Crippen LogP contribution in [0.2, 0.25) is 0 Å². The van der Waals surface area contributed by atoms with E-state index in [1.807, 2.05) is 91.0 Å². The van der Waals surface area contributed by atoms with Crippen LogP contribution in [0.1, 0.15) is 41.1 Å². The average molecular weight is 1060 g/mol. The van der Waals surface area contributed by atoms with Gasteiger partial charge in [0.1, 0.15) is 77.5 Å². The first-order chi connectivity index (χ1) is 37.0. The van der Waals surface area contributed by atoms with E-state index in [9.17, 15) is 5.11 Å². The zero-order valence-electron chi connectivity index (χ0n) is 42.2. The summed E-state index contributed by atoms with van der Waals surface area (Å²) < 4.78 is 80.9. The van der Waals surface area contributed by atoms with Crippen LogP contribution in [0.5, 0.6) is 23.0 Å². The molecule has 0 radical (unpaired) electrons. The van der Waals surface area contributed by atoms with Gasteiger partial charge in [-0.2, -0.15) is 0 Å². The number of nitrogens with zero attached hydrogens (tertiary/aromatic N) is 8. The highest BCUT2D eigenvalue weighted by molar-refractivity contribution is 7.51. The third kappa shape index (κ3) is 10.2. The maximum atomic E-state index is 15.7. The predicted octanol–water partition coefficient (Wildman–Crippen LogP) is 5.78. The van der Waals surface area contributed by atoms with Gasteiger partial charge in [0, 0.05) is 20.1 Å². The van der Waals surface area contributed by atoms with Gasteiger partial charge in [0.25, 0.3) is 0 Å². The maximum absolute atomic E-state index is 15.7. The van der Waals surface area contributed by atoms with Crippen LogP contribution in [0.4, 0.5) is 11.6 Å². The molecule has 0 saturated carbocycles. The minimum absolute atomic E-state index is 0.0961. The molecule has 24 heteroatoms. The molecular formula is C52H58N11O12P. The minimum Gasteiger partial charge on any atom is -0.497 e. The summed E-state index contributed by atoms with van der Waals surface area (Å²) in [5.41, 5.74) is 15.8. The quantitative estimate of drug-likeness (QED) is 0.0462. The Kier molecular flexibility index (Phi) is 15.4. The van der Waals surface area contributed by atoms with Gasteiger partial charge in [0.15, 0.2) is 40.7 Å². The highest BCUT2D eigenvalue weighted by Crippen LogP contribution is 2.51. The zero-order valence-corrected chi connectivity index (χ0v) is 43.1. The summed E-state index contributed by atoms with van der Waals surface area (Å²) in [6, 6.07) is 30.6. The Labute approximate surface area is 436 Å². The van der Waals surface area contributed by atoms with Crippen molar-refractivity contribution in [1.82, 2.24) is 44.1 Å². The summed E-state index contributed by atoms with van der Waals surface area (Å²) in [5, 5.41) is 14.8. The van der Waals surface area contributed by atoms with E-state index < -0.39 is 62.9 Å². The standard InChI is InChI=1S/C52H58N11O12P/c1-66-35-16-12-33(13-17-35)52(32-9-7-6-8-10-32,34-14-18-36(67-2)19-15-34)71-25-40-39(24-42(73-40)62-29-59-43-47(53)55-27-57-49(43)62)75-76(65,61-22-21-31-11-20-37(68-3)38(23-31)69-4)72-26-41-45(64)46(70-5)51(74-41)63-30-60-44-48(54)56-28-58-50(44)63/h6-20,23,27-30,39-42,45-46,51,64H,21-22,24-26H2,1-5H3,(H,61,65)(H2,53,55,57)(H2,54,56,58)/t39-,40+,41+,42+,45+,46+,51+,76?/m0/s1. The number of imidazole rings is 2. The summed E-state index contributed by atoms with van der Waals surface area (Å²) in [5.74, 6) is 2.74. The second-order valence-electron chi connectivity index (χ2n) is 17.9. The van der Waals surface area contributed by atoms with Gasteiger partial charge in [-0.3, -0.25) is 18.2 Å². The minimum atomic E-state index is -4.45. The molecule has 0 aliphatic carbocycles. The van der Waals surface area contributed by atoms with Crippen LogP contribution in [-0.4, -0.2) is 130 Å². The lowest BCUT2D eigenvalue weighted by atomic mass is 9.80. The van der Waals surface area contributed by atoms with E-state index in [1.54, 1.807) is 50.0 Å². The number of anilines is 2. The van der Waals surface area contributed by atoms with Crippen LogP contribution in [0, 0.1) is 0 Å². The van der Waals surface area contributed by atoms with Crippen molar-refractivity contribution in [3.8, 4) is 23.0 Å². The first-order valence-corrected chi connectivity index (χ1v) is 25.8. The number of nitrogens with one attached hydrogen (secondary N) is 1. The highest BCUT2D eigenvalue weighted by Gasteiger charge is 2.49. The molecule has 6 N–H and O–H groups in total. The molecule has 4 aromatic carbocycles. The van der Waals surface area contributed by atoms with Gasteiger partial charge in [-0.1, -0.05) is 60.7 Å². The number of aromatic nitrogens is 8. The number of hydrogen-bond donors (Lipinski definition) is 4. The van der Waals surface area contributed by atoms with Gasteiger partial charge >= 0.3 is 7.75 Å². The summed E-state index contributed by atoms with van der Waals surface area (Å²) in [6.45, 7) is -0.453. The molecule has 1 unspecified atom stereocenters. The van der Waals surface area contributed by atoms with E-state index >= 15 is 4.57 Å². The van der Waals surface area contributed by atoms with Gasteiger partial charge in [0.05, 0.1) is 54.3 Å². The van der Waals surface area contributed by atoms with Gasteiger partial charge in [0.2, 0.25) is 0 Å². The fraction of sp³-hybridized carbons (Fsp3) is 0.346. The molecule has 0 bridgehead atoms.